The van der Waals surface area contributed by atoms with Crippen molar-refractivity contribution >= 4 is 17.5 Å². The van der Waals surface area contributed by atoms with Gasteiger partial charge in [0.15, 0.2) is 0 Å². The molecule has 2 amide bonds. The van der Waals surface area contributed by atoms with E-state index in [0.29, 0.717) is 17.8 Å². The highest BCUT2D eigenvalue weighted by Crippen LogP contribution is 2.14. The van der Waals surface area contributed by atoms with Gasteiger partial charge in [-0.25, -0.2) is 4.98 Å². The summed E-state index contributed by atoms with van der Waals surface area (Å²) in [6, 6.07) is 23.1. The lowest BCUT2D eigenvalue weighted by Gasteiger charge is -2.26. The zero-order valence-corrected chi connectivity index (χ0v) is 16.9. The minimum Gasteiger partial charge on any atom is -0.331 e. The summed E-state index contributed by atoms with van der Waals surface area (Å²) in [4.78, 5) is 31.7. The standard InChI is InChI=1S/C24H22N4O2/c1-17(2)28(16-18-8-4-3-5-9-18)24(30)22-13-7-12-21(27-22)23(29)26-20-11-6-10-19(14-20)15-25/h3-14,17H,16H2,1-2H3,(H,26,29). The molecule has 1 heterocycles. The summed E-state index contributed by atoms with van der Waals surface area (Å²) >= 11 is 0. The predicted octanol–water partition coefficient (Wildman–Crippen LogP) is 4.26. The molecule has 1 aromatic heterocycles. The van der Waals surface area contributed by atoms with E-state index in [9.17, 15) is 9.59 Å². The van der Waals surface area contributed by atoms with Crippen LogP contribution in [0.5, 0.6) is 0 Å². The summed E-state index contributed by atoms with van der Waals surface area (Å²) < 4.78 is 0. The van der Waals surface area contributed by atoms with Crippen LogP contribution < -0.4 is 5.32 Å². The molecular formula is C24H22N4O2. The number of nitrogens with zero attached hydrogens (tertiary/aromatic N) is 3. The van der Waals surface area contributed by atoms with Crippen molar-refractivity contribution in [3.8, 4) is 6.07 Å². The molecule has 6 heteroatoms. The highest BCUT2D eigenvalue weighted by molar-refractivity contribution is 6.04. The summed E-state index contributed by atoms with van der Waals surface area (Å²) in [5, 5.41) is 11.7. The molecular weight excluding hydrogens is 376 g/mol. The van der Waals surface area contributed by atoms with Crippen LogP contribution in [0.2, 0.25) is 0 Å². The quantitative estimate of drug-likeness (QED) is 0.672. The van der Waals surface area contributed by atoms with E-state index in [1.807, 2.05) is 50.2 Å². The van der Waals surface area contributed by atoms with Gasteiger partial charge < -0.3 is 10.2 Å². The minimum atomic E-state index is -0.445. The van der Waals surface area contributed by atoms with Crippen LogP contribution >= 0.6 is 0 Å². The molecule has 0 unspecified atom stereocenters. The van der Waals surface area contributed by atoms with Crippen LogP contribution in [0.1, 0.15) is 46.0 Å². The van der Waals surface area contributed by atoms with Gasteiger partial charge in [-0.1, -0.05) is 42.5 Å². The Morgan fingerprint density at radius 2 is 1.70 bits per heavy atom. The average Bonchev–Trinajstić information content (AvgIpc) is 2.77. The van der Waals surface area contributed by atoms with Crippen molar-refractivity contribution in [3.63, 3.8) is 0 Å². The first-order chi connectivity index (χ1) is 14.5. The van der Waals surface area contributed by atoms with Gasteiger partial charge in [0.25, 0.3) is 11.8 Å². The Morgan fingerprint density at radius 1 is 1.00 bits per heavy atom. The van der Waals surface area contributed by atoms with Crippen LogP contribution in [-0.4, -0.2) is 27.7 Å². The number of benzene rings is 2. The van der Waals surface area contributed by atoms with Gasteiger partial charge in [-0.05, 0) is 49.7 Å². The molecule has 0 bridgehead atoms. The molecule has 0 radical (unpaired) electrons. The Bertz CT molecular complexity index is 1090. The third-order valence-electron chi connectivity index (χ3n) is 4.53. The molecule has 0 saturated heterocycles. The summed E-state index contributed by atoms with van der Waals surface area (Å²) in [7, 11) is 0. The number of nitriles is 1. The van der Waals surface area contributed by atoms with Crippen molar-refractivity contribution in [2.45, 2.75) is 26.4 Å². The second-order valence-electron chi connectivity index (χ2n) is 7.07. The van der Waals surface area contributed by atoms with E-state index in [1.54, 1.807) is 47.4 Å². The van der Waals surface area contributed by atoms with Gasteiger partial charge in [0.1, 0.15) is 11.4 Å². The zero-order chi connectivity index (χ0) is 21.5. The van der Waals surface area contributed by atoms with Crippen molar-refractivity contribution in [2.75, 3.05) is 5.32 Å². The second-order valence-corrected chi connectivity index (χ2v) is 7.07. The number of carbonyl (C=O) groups excluding carboxylic acids is 2. The molecule has 6 nitrogen and oxygen atoms in total. The molecule has 0 fully saturated rings. The van der Waals surface area contributed by atoms with E-state index >= 15 is 0 Å². The van der Waals surface area contributed by atoms with Crippen LogP contribution in [0.3, 0.4) is 0 Å². The van der Waals surface area contributed by atoms with E-state index in [1.165, 1.54) is 0 Å². The lowest BCUT2D eigenvalue weighted by atomic mass is 10.1. The number of amides is 2. The van der Waals surface area contributed by atoms with E-state index in [4.69, 9.17) is 5.26 Å². The summed E-state index contributed by atoms with van der Waals surface area (Å²) in [5.41, 5.74) is 2.29. The van der Waals surface area contributed by atoms with E-state index < -0.39 is 5.91 Å². The molecule has 1 N–H and O–H groups in total. The first kappa shape index (κ1) is 20.7. The maximum Gasteiger partial charge on any atom is 0.274 e. The first-order valence-electron chi connectivity index (χ1n) is 9.61. The van der Waals surface area contributed by atoms with Crippen molar-refractivity contribution < 1.29 is 9.59 Å². The van der Waals surface area contributed by atoms with Gasteiger partial charge in [-0.15, -0.1) is 0 Å². The zero-order valence-electron chi connectivity index (χ0n) is 16.9. The number of rotatable bonds is 6. The molecule has 150 valence electrons. The predicted molar refractivity (Wildman–Crippen MR) is 115 cm³/mol. The molecule has 3 rings (SSSR count). The van der Waals surface area contributed by atoms with Crippen LogP contribution in [0.15, 0.2) is 72.8 Å². The molecule has 0 atom stereocenters. The first-order valence-corrected chi connectivity index (χ1v) is 9.61. The Balaban J connectivity index is 1.79. The van der Waals surface area contributed by atoms with Crippen LogP contribution in [0.4, 0.5) is 5.69 Å². The molecule has 3 aromatic rings. The van der Waals surface area contributed by atoms with E-state index in [0.717, 1.165) is 5.56 Å². The van der Waals surface area contributed by atoms with Gasteiger partial charge in [-0.3, -0.25) is 9.59 Å². The SMILES string of the molecule is CC(C)N(Cc1ccccc1)C(=O)c1cccc(C(=O)Nc2cccc(C#N)c2)n1. The van der Waals surface area contributed by atoms with Crippen molar-refractivity contribution in [1.82, 2.24) is 9.88 Å². The largest absolute Gasteiger partial charge is 0.331 e. The minimum absolute atomic E-state index is 0.0364. The van der Waals surface area contributed by atoms with E-state index in [2.05, 4.69) is 10.3 Å². The van der Waals surface area contributed by atoms with E-state index in [-0.39, 0.29) is 23.3 Å². The fourth-order valence-corrected chi connectivity index (χ4v) is 2.96. The van der Waals surface area contributed by atoms with Crippen LogP contribution in [0, 0.1) is 11.3 Å². The number of aromatic nitrogens is 1. The Morgan fingerprint density at radius 3 is 2.40 bits per heavy atom. The second kappa shape index (κ2) is 9.48. The van der Waals surface area contributed by atoms with Crippen molar-refractivity contribution in [1.29, 1.82) is 5.26 Å². The molecule has 30 heavy (non-hydrogen) atoms. The topological polar surface area (TPSA) is 86.1 Å². The molecule has 0 aliphatic heterocycles. The van der Waals surface area contributed by atoms with Gasteiger partial charge >= 0.3 is 0 Å². The Labute approximate surface area is 175 Å². The summed E-state index contributed by atoms with van der Waals surface area (Å²) in [5.74, 6) is -0.686. The maximum atomic E-state index is 13.1. The highest BCUT2D eigenvalue weighted by atomic mass is 16.2. The lowest BCUT2D eigenvalue weighted by Crippen LogP contribution is -2.37. The van der Waals surface area contributed by atoms with Gasteiger partial charge in [0.05, 0.1) is 11.6 Å². The Kier molecular flexibility index (Phi) is 6.56. The molecule has 0 aliphatic carbocycles. The van der Waals surface area contributed by atoms with Crippen LogP contribution in [-0.2, 0) is 6.54 Å². The molecule has 0 saturated carbocycles. The van der Waals surface area contributed by atoms with Gasteiger partial charge in [-0.2, -0.15) is 5.26 Å². The maximum absolute atomic E-state index is 13.1. The van der Waals surface area contributed by atoms with Gasteiger partial charge in [0, 0.05) is 18.3 Å². The number of anilines is 1. The lowest BCUT2D eigenvalue weighted by molar-refractivity contribution is 0.0684. The number of carbonyl (C=O) groups is 2. The smallest absolute Gasteiger partial charge is 0.274 e. The number of nitrogens with one attached hydrogen (secondary N) is 1. The number of hydrogen-bond acceptors (Lipinski definition) is 4. The Hall–Kier alpha value is -3.98. The summed E-state index contributed by atoms with van der Waals surface area (Å²) in [6.07, 6.45) is 0. The fraction of sp³-hybridized carbons (Fsp3) is 0.167. The van der Waals surface area contributed by atoms with Gasteiger partial charge in [0.2, 0.25) is 0 Å². The number of hydrogen-bond donors (Lipinski definition) is 1. The molecule has 2 aromatic carbocycles. The third-order valence-corrected chi connectivity index (χ3v) is 4.53. The van der Waals surface area contributed by atoms with Crippen molar-refractivity contribution in [2.24, 2.45) is 0 Å². The molecule has 0 spiro atoms. The van der Waals surface area contributed by atoms with Crippen LogP contribution in [0.25, 0.3) is 0 Å². The van der Waals surface area contributed by atoms with Crippen molar-refractivity contribution in [3.05, 3.63) is 95.3 Å². The average molecular weight is 398 g/mol. The monoisotopic (exact) mass is 398 g/mol. The molecule has 0 aliphatic rings. The fourth-order valence-electron chi connectivity index (χ4n) is 2.96. The third kappa shape index (κ3) is 5.09. The highest BCUT2D eigenvalue weighted by Gasteiger charge is 2.21. The summed E-state index contributed by atoms with van der Waals surface area (Å²) in [6.45, 7) is 4.34. The normalized spacial score (nSPS) is 10.3. The number of pyridine rings is 1.